The minimum Gasteiger partial charge on any atom is -0.393 e. The molecule has 5 N–H and O–H groups in total. The lowest BCUT2D eigenvalue weighted by atomic mass is 10.2. The first-order chi connectivity index (χ1) is 3.55. The van der Waals surface area contributed by atoms with Gasteiger partial charge in [0.15, 0.2) is 0 Å². The fourth-order valence-electron chi connectivity index (χ4n) is 0.153. The lowest BCUT2D eigenvalue weighted by Gasteiger charge is -2.04. The maximum absolute atomic E-state index is 6.84. The highest BCUT2D eigenvalue weighted by molar-refractivity contribution is 7.80. The van der Waals surface area contributed by atoms with E-state index in [9.17, 15) is 0 Å². The van der Waals surface area contributed by atoms with Crippen LogP contribution in [-0.2, 0) is 0 Å². The quantitative estimate of drug-likeness (QED) is 0.277. The molecule has 0 saturated heterocycles. The number of hydrogen-bond donors (Lipinski definition) is 3. The third-order valence-electron chi connectivity index (χ3n) is 0.893. The van der Waals surface area contributed by atoms with Crippen molar-refractivity contribution in [2.75, 3.05) is 0 Å². The van der Waals surface area contributed by atoms with Gasteiger partial charge >= 0.3 is 0 Å². The van der Waals surface area contributed by atoms with Gasteiger partial charge in [0.05, 0.1) is 10.9 Å². The Kier molecular flexibility index (Phi) is 2.41. The summed E-state index contributed by atoms with van der Waals surface area (Å²) >= 11 is 4.55. The standard InChI is InChI=1S/C4H9N3S/c1-2(3(5)6)4(7)8/h2H,1H3,(H3,5,6)(H2,7,8). The van der Waals surface area contributed by atoms with E-state index in [-0.39, 0.29) is 16.7 Å². The summed E-state index contributed by atoms with van der Waals surface area (Å²) in [5, 5.41) is 6.84. The van der Waals surface area contributed by atoms with Gasteiger partial charge in [0.2, 0.25) is 0 Å². The van der Waals surface area contributed by atoms with Crippen LogP contribution in [0.15, 0.2) is 0 Å². The second-order valence-corrected chi connectivity index (χ2v) is 2.05. The first-order valence-corrected chi connectivity index (χ1v) is 2.59. The van der Waals surface area contributed by atoms with E-state index in [1.54, 1.807) is 6.92 Å². The molecule has 3 nitrogen and oxygen atoms in total. The molecule has 0 spiro atoms. The monoisotopic (exact) mass is 131 g/mol. The van der Waals surface area contributed by atoms with Crippen molar-refractivity contribution in [1.29, 1.82) is 5.41 Å². The smallest absolute Gasteiger partial charge is 0.100 e. The lowest BCUT2D eigenvalue weighted by molar-refractivity contribution is 1.03. The van der Waals surface area contributed by atoms with Crippen molar-refractivity contribution in [3.8, 4) is 0 Å². The summed E-state index contributed by atoms with van der Waals surface area (Å²) in [5.41, 5.74) is 10.2. The van der Waals surface area contributed by atoms with Gasteiger partial charge in [-0.1, -0.05) is 12.2 Å². The molecule has 1 atom stereocenters. The minimum absolute atomic E-state index is 0.0255. The second-order valence-electron chi connectivity index (χ2n) is 1.58. The van der Waals surface area contributed by atoms with E-state index >= 15 is 0 Å². The topological polar surface area (TPSA) is 75.9 Å². The Hall–Kier alpha value is -0.640. The van der Waals surface area contributed by atoms with Gasteiger partial charge in [0.25, 0.3) is 0 Å². The third-order valence-corrected chi connectivity index (χ3v) is 1.25. The van der Waals surface area contributed by atoms with Crippen LogP contribution in [0.4, 0.5) is 0 Å². The zero-order chi connectivity index (χ0) is 6.73. The maximum atomic E-state index is 6.84. The van der Waals surface area contributed by atoms with Gasteiger partial charge in [-0.2, -0.15) is 0 Å². The van der Waals surface area contributed by atoms with Crippen LogP contribution in [0, 0.1) is 11.3 Å². The molecule has 0 saturated carbocycles. The maximum Gasteiger partial charge on any atom is 0.100 e. The number of nitrogens with two attached hydrogens (primary N) is 2. The van der Waals surface area contributed by atoms with Crippen molar-refractivity contribution in [3.05, 3.63) is 0 Å². The lowest BCUT2D eigenvalue weighted by Crippen LogP contribution is -2.30. The Bertz CT molecular complexity index is 106. The molecule has 0 fully saturated rings. The molecule has 0 aromatic rings. The van der Waals surface area contributed by atoms with E-state index in [4.69, 9.17) is 16.9 Å². The Labute approximate surface area is 53.6 Å². The van der Waals surface area contributed by atoms with Crippen LogP contribution in [-0.4, -0.2) is 10.8 Å². The summed E-state index contributed by atoms with van der Waals surface area (Å²) < 4.78 is 0. The van der Waals surface area contributed by atoms with Gasteiger partial charge in [0, 0.05) is 0 Å². The molecule has 1 unspecified atom stereocenters. The predicted molar refractivity (Wildman–Crippen MR) is 37.9 cm³/mol. The molecule has 0 aromatic carbocycles. The fraction of sp³-hybridized carbons (Fsp3) is 0.500. The predicted octanol–water partition coefficient (Wildman–Crippen LogP) is -0.155. The van der Waals surface area contributed by atoms with Gasteiger partial charge in [-0.05, 0) is 6.92 Å². The zero-order valence-corrected chi connectivity index (χ0v) is 5.46. The van der Waals surface area contributed by atoms with Crippen molar-refractivity contribution < 1.29 is 0 Å². The molecule has 0 aromatic heterocycles. The van der Waals surface area contributed by atoms with Crippen LogP contribution in [0.1, 0.15) is 6.92 Å². The van der Waals surface area contributed by atoms with Crippen molar-refractivity contribution in [1.82, 2.24) is 0 Å². The molecular weight excluding hydrogens is 122 g/mol. The normalized spacial score (nSPS) is 12.6. The molecule has 0 heterocycles. The van der Waals surface area contributed by atoms with Crippen LogP contribution in [0.3, 0.4) is 0 Å². The second kappa shape index (κ2) is 2.61. The molecule has 0 aliphatic carbocycles. The van der Waals surface area contributed by atoms with Gasteiger partial charge in [-0.15, -0.1) is 0 Å². The van der Waals surface area contributed by atoms with Crippen LogP contribution >= 0.6 is 12.2 Å². The molecule has 8 heavy (non-hydrogen) atoms. The third kappa shape index (κ3) is 1.88. The largest absolute Gasteiger partial charge is 0.393 e. The fourth-order valence-corrected chi connectivity index (χ4v) is 0.280. The van der Waals surface area contributed by atoms with Crippen molar-refractivity contribution >= 4 is 23.0 Å². The highest BCUT2D eigenvalue weighted by atomic mass is 32.1. The molecule has 0 amide bonds. The zero-order valence-electron chi connectivity index (χ0n) is 4.64. The van der Waals surface area contributed by atoms with Crippen molar-refractivity contribution in [2.45, 2.75) is 6.92 Å². The van der Waals surface area contributed by atoms with Crippen molar-refractivity contribution in [3.63, 3.8) is 0 Å². The SMILES string of the molecule is CC(C(=N)N)C(N)=S. The number of hydrogen-bond acceptors (Lipinski definition) is 2. The molecular formula is C4H9N3S. The summed E-state index contributed by atoms with van der Waals surface area (Å²) in [5.74, 6) is -0.234. The summed E-state index contributed by atoms with van der Waals surface area (Å²) in [6, 6.07) is 0. The average Bonchev–Trinajstić information content (AvgIpc) is 1.64. The van der Waals surface area contributed by atoms with E-state index in [1.807, 2.05) is 0 Å². The summed E-state index contributed by atoms with van der Waals surface area (Å²) in [6.07, 6.45) is 0. The average molecular weight is 131 g/mol. The molecule has 0 radical (unpaired) electrons. The Morgan fingerprint density at radius 3 is 2.00 bits per heavy atom. The summed E-state index contributed by atoms with van der Waals surface area (Å²) in [4.78, 5) is 0.275. The molecule has 46 valence electrons. The van der Waals surface area contributed by atoms with E-state index < -0.39 is 0 Å². The molecule has 4 heteroatoms. The van der Waals surface area contributed by atoms with Gasteiger partial charge in [-0.3, -0.25) is 5.41 Å². The first kappa shape index (κ1) is 7.36. The molecule has 0 aliphatic rings. The Morgan fingerprint density at radius 1 is 1.62 bits per heavy atom. The van der Waals surface area contributed by atoms with Gasteiger partial charge in [0.1, 0.15) is 5.84 Å². The number of rotatable bonds is 2. The van der Waals surface area contributed by atoms with E-state index in [1.165, 1.54) is 0 Å². The minimum atomic E-state index is -0.259. The number of thiocarbonyl (C=S) groups is 1. The van der Waals surface area contributed by atoms with Crippen LogP contribution in [0.5, 0.6) is 0 Å². The van der Waals surface area contributed by atoms with Crippen LogP contribution < -0.4 is 11.5 Å². The first-order valence-electron chi connectivity index (χ1n) is 2.19. The van der Waals surface area contributed by atoms with Crippen molar-refractivity contribution in [2.24, 2.45) is 17.4 Å². The van der Waals surface area contributed by atoms with E-state index in [2.05, 4.69) is 12.2 Å². The summed E-state index contributed by atoms with van der Waals surface area (Å²) in [7, 11) is 0. The highest BCUT2D eigenvalue weighted by Gasteiger charge is 2.05. The molecule has 0 bridgehead atoms. The van der Waals surface area contributed by atoms with Crippen LogP contribution in [0.2, 0.25) is 0 Å². The van der Waals surface area contributed by atoms with Gasteiger partial charge < -0.3 is 11.5 Å². The Morgan fingerprint density at radius 2 is 2.00 bits per heavy atom. The number of amidine groups is 1. The highest BCUT2D eigenvalue weighted by Crippen LogP contribution is 1.91. The molecule has 0 rings (SSSR count). The summed E-state index contributed by atoms with van der Waals surface area (Å²) in [6.45, 7) is 1.70. The van der Waals surface area contributed by atoms with Gasteiger partial charge in [-0.25, -0.2) is 0 Å². The number of nitrogens with one attached hydrogen (secondary N) is 1. The van der Waals surface area contributed by atoms with E-state index in [0.29, 0.717) is 0 Å². The molecule has 0 aliphatic heterocycles. The van der Waals surface area contributed by atoms with Crippen LogP contribution in [0.25, 0.3) is 0 Å². The Balaban J connectivity index is 3.83. The van der Waals surface area contributed by atoms with E-state index in [0.717, 1.165) is 0 Å².